The molecule has 2 N–H and O–H groups in total. The van der Waals surface area contributed by atoms with E-state index in [1.165, 1.54) is 24.3 Å². The van der Waals surface area contributed by atoms with Crippen LogP contribution in [0.15, 0.2) is 53.0 Å². The molecule has 0 aliphatic rings. The summed E-state index contributed by atoms with van der Waals surface area (Å²) in [4.78, 5) is 25.0. The van der Waals surface area contributed by atoms with E-state index in [0.717, 1.165) is 5.75 Å². The van der Waals surface area contributed by atoms with Crippen LogP contribution in [0.4, 0.5) is 4.39 Å². The van der Waals surface area contributed by atoms with Crippen molar-refractivity contribution in [2.45, 2.75) is 12.5 Å². The summed E-state index contributed by atoms with van der Waals surface area (Å²) < 4.78 is 19.0. The number of carbonyl (C=O) groups is 2. The third-order valence-electron chi connectivity index (χ3n) is 3.83. The molecule has 5 nitrogen and oxygen atoms in total. The van der Waals surface area contributed by atoms with E-state index in [4.69, 9.17) is 4.74 Å². The fraction of sp³-hybridized carbons (Fsp3) is 0.300. The summed E-state index contributed by atoms with van der Waals surface area (Å²) in [5, 5.41) is 5.57. The molecule has 0 heterocycles. The molecule has 1 atom stereocenters. The van der Waals surface area contributed by atoms with Gasteiger partial charge in [0.25, 0.3) is 5.91 Å². The van der Waals surface area contributed by atoms with Crippen molar-refractivity contribution in [2.24, 2.45) is 0 Å². The van der Waals surface area contributed by atoms with Crippen molar-refractivity contribution in [3.8, 4) is 5.75 Å². The maximum absolute atomic E-state index is 12.9. The Bertz CT molecular complexity index is 789. The van der Waals surface area contributed by atoms with E-state index in [1.54, 1.807) is 30.0 Å². The zero-order valence-electron chi connectivity index (χ0n) is 15.4. The van der Waals surface area contributed by atoms with Gasteiger partial charge in [0, 0.05) is 4.47 Å². The first kappa shape index (κ1) is 22.2. The number of thioether (sulfide) groups is 1. The molecule has 2 aromatic rings. The lowest BCUT2D eigenvalue weighted by atomic mass is 10.1. The Balaban J connectivity index is 1.86. The maximum Gasteiger partial charge on any atom is 0.253 e. The van der Waals surface area contributed by atoms with Crippen molar-refractivity contribution >= 4 is 39.5 Å². The summed E-state index contributed by atoms with van der Waals surface area (Å²) in [6.07, 6.45) is 2.46. The second kappa shape index (κ2) is 11.7. The van der Waals surface area contributed by atoms with Gasteiger partial charge < -0.3 is 15.4 Å². The maximum atomic E-state index is 12.9. The SMILES string of the molecule is CSCCC(NC(=O)c1ccccc1Br)C(=O)NCCOc1ccc(F)cc1. The van der Waals surface area contributed by atoms with E-state index >= 15 is 0 Å². The van der Waals surface area contributed by atoms with Crippen molar-refractivity contribution in [3.05, 3.63) is 64.4 Å². The molecular formula is C20H22BrFN2O3S. The molecule has 2 rings (SSSR count). The molecular weight excluding hydrogens is 447 g/mol. The van der Waals surface area contributed by atoms with Gasteiger partial charge in [0.05, 0.1) is 12.1 Å². The van der Waals surface area contributed by atoms with Gasteiger partial charge in [0.1, 0.15) is 24.2 Å². The smallest absolute Gasteiger partial charge is 0.253 e. The van der Waals surface area contributed by atoms with Crippen molar-refractivity contribution in [1.29, 1.82) is 0 Å². The highest BCUT2D eigenvalue weighted by atomic mass is 79.9. The van der Waals surface area contributed by atoms with E-state index in [2.05, 4.69) is 26.6 Å². The summed E-state index contributed by atoms with van der Waals surface area (Å²) in [5.41, 5.74) is 0.476. The van der Waals surface area contributed by atoms with Gasteiger partial charge in [-0.3, -0.25) is 9.59 Å². The fourth-order valence-corrected chi connectivity index (χ4v) is 3.32. The lowest BCUT2D eigenvalue weighted by molar-refractivity contribution is -0.123. The zero-order valence-corrected chi connectivity index (χ0v) is 17.8. The molecule has 0 aliphatic heterocycles. The van der Waals surface area contributed by atoms with Gasteiger partial charge in [0.2, 0.25) is 5.91 Å². The quantitative estimate of drug-likeness (QED) is 0.522. The predicted octanol–water partition coefficient (Wildman–Crippen LogP) is 3.63. The van der Waals surface area contributed by atoms with Gasteiger partial charge in [-0.25, -0.2) is 4.39 Å². The Hall–Kier alpha value is -2.06. The van der Waals surface area contributed by atoms with Gasteiger partial charge >= 0.3 is 0 Å². The summed E-state index contributed by atoms with van der Waals surface area (Å²) in [5.74, 6) is 0.351. The molecule has 2 amide bonds. The lowest BCUT2D eigenvalue weighted by Gasteiger charge is -2.18. The highest BCUT2D eigenvalue weighted by Gasteiger charge is 2.21. The van der Waals surface area contributed by atoms with Gasteiger partial charge in [-0.05, 0) is 70.8 Å². The van der Waals surface area contributed by atoms with Crippen LogP contribution in [-0.4, -0.2) is 43.0 Å². The molecule has 0 spiro atoms. The van der Waals surface area contributed by atoms with Crippen LogP contribution in [0.25, 0.3) is 0 Å². The number of carbonyl (C=O) groups excluding carboxylic acids is 2. The monoisotopic (exact) mass is 468 g/mol. The molecule has 0 aliphatic carbocycles. The van der Waals surface area contributed by atoms with Crippen LogP contribution < -0.4 is 15.4 Å². The highest BCUT2D eigenvalue weighted by Crippen LogP contribution is 2.16. The van der Waals surface area contributed by atoms with Crippen LogP contribution in [0.1, 0.15) is 16.8 Å². The Morgan fingerprint density at radius 1 is 1.18 bits per heavy atom. The van der Waals surface area contributed by atoms with E-state index < -0.39 is 6.04 Å². The molecule has 0 radical (unpaired) electrons. The van der Waals surface area contributed by atoms with Gasteiger partial charge in [-0.2, -0.15) is 11.8 Å². The minimum absolute atomic E-state index is 0.241. The molecule has 2 aromatic carbocycles. The second-order valence-electron chi connectivity index (χ2n) is 5.88. The number of hydrogen-bond acceptors (Lipinski definition) is 4. The summed E-state index contributed by atoms with van der Waals surface area (Å²) in [6, 6.07) is 12.1. The molecule has 1 unspecified atom stereocenters. The Kier molecular flexibility index (Phi) is 9.30. The molecule has 0 aromatic heterocycles. The topological polar surface area (TPSA) is 67.4 Å². The average molecular weight is 469 g/mol. The summed E-state index contributed by atoms with van der Waals surface area (Å²) in [6.45, 7) is 0.516. The first-order valence-electron chi connectivity index (χ1n) is 8.71. The Morgan fingerprint density at radius 3 is 2.57 bits per heavy atom. The normalized spacial score (nSPS) is 11.5. The third-order valence-corrected chi connectivity index (χ3v) is 5.17. The van der Waals surface area contributed by atoms with Crippen LogP contribution >= 0.6 is 27.7 Å². The first-order valence-corrected chi connectivity index (χ1v) is 10.9. The minimum Gasteiger partial charge on any atom is -0.492 e. The molecule has 0 bridgehead atoms. The van der Waals surface area contributed by atoms with Crippen molar-refractivity contribution in [1.82, 2.24) is 10.6 Å². The van der Waals surface area contributed by atoms with Gasteiger partial charge in [0.15, 0.2) is 0 Å². The van der Waals surface area contributed by atoms with Crippen molar-refractivity contribution in [3.63, 3.8) is 0 Å². The zero-order chi connectivity index (χ0) is 20.4. The number of amides is 2. The molecule has 0 fully saturated rings. The summed E-state index contributed by atoms with van der Waals surface area (Å²) in [7, 11) is 0. The van der Waals surface area contributed by atoms with Crippen LogP contribution in [-0.2, 0) is 4.79 Å². The molecule has 28 heavy (non-hydrogen) atoms. The minimum atomic E-state index is -0.641. The molecule has 0 saturated heterocycles. The second-order valence-corrected chi connectivity index (χ2v) is 7.72. The Labute approximate surface area is 176 Å². The predicted molar refractivity (Wildman–Crippen MR) is 113 cm³/mol. The summed E-state index contributed by atoms with van der Waals surface area (Å²) >= 11 is 4.95. The standard InChI is InChI=1S/C20H22BrFN2O3S/c1-28-13-10-18(24-19(25)16-4-2-3-5-17(16)21)20(26)23-11-12-27-15-8-6-14(22)7-9-15/h2-9,18H,10-13H2,1H3,(H,23,26)(H,24,25). The highest BCUT2D eigenvalue weighted by molar-refractivity contribution is 9.10. The number of benzene rings is 2. The van der Waals surface area contributed by atoms with Crippen LogP contribution in [0.5, 0.6) is 5.75 Å². The molecule has 8 heteroatoms. The first-order chi connectivity index (χ1) is 13.5. The van der Waals surface area contributed by atoms with E-state index in [-0.39, 0.29) is 30.8 Å². The van der Waals surface area contributed by atoms with Gasteiger partial charge in [-0.15, -0.1) is 0 Å². The van der Waals surface area contributed by atoms with Crippen molar-refractivity contribution < 1.29 is 18.7 Å². The van der Waals surface area contributed by atoms with E-state index in [0.29, 0.717) is 22.2 Å². The van der Waals surface area contributed by atoms with Crippen LogP contribution in [0.2, 0.25) is 0 Å². The van der Waals surface area contributed by atoms with E-state index in [9.17, 15) is 14.0 Å². The largest absolute Gasteiger partial charge is 0.492 e. The third kappa shape index (κ3) is 7.16. The average Bonchev–Trinajstić information content (AvgIpc) is 2.69. The lowest BCUT2D eigenvalue weighted by Crippen LogP contribution is -2.48. The number of rotatable bonds is 10. The van der Waals surface area contributed by atoms with E-state index in [1.807, 2.05) is 12.3 Å². The number of halogens is 2. The van der Waals surface area contributed by atoms with Crippen LogP contribution in [0.3, 0.4) is 0 Å². The number of hydrogen-bond donors (Lipinski definition) is 2. The van der Waals surface area contributed by atoms with Gasteiger partial charge in [-0.1, -0.05) is 12.1 Å². The number of nitrogens with one attached hydrogen (secondary N) is 2. The fourth-order valence-electron chi connectivity index (χ4n) is 2.38. The Morgan fingerprint density at radius 2 is 1.89 bits per heavy atom. The molecule has 0 saturated carbocycles. The number of ether oxygens (including phenoxy) is 1. The molecule has 150 valence electrons. The van der Waals surface area contributed by atoms with Crippen LogP contribution in [0, 0.1) is 5.82 Å². The van der Waals surface area contributed by atoms with Crippen molar-refractivity contribution in [2.75, 3.05) is 25.2 Å².